The second kappa shape index (κ2) is 4.91. The SMILES string of the molecule is CC.Cc1cnc(N)c(Cl)n1. The fourth-order valence-corrected chi connectivity index (χ4v) is 0.639. The Kier molecular flexibility index (Phi) is 4.54. The van der Waals surface area contributed by atoms with E-state index in [2.05, 4.69) is 9.97 Å². The van der Waals surface area contributed by atoms with Gasteiger partial charge in [-0.05, 0) is 6.92 Å². The van der Waals surface area contributed by atoms with Crippen molar-refractivity contribution < 1.29 is 0 Å². The number of rotatable bonds is 0. The van der Waals surface area contributed by atoms with Crippen molar-refractivity contribution in [2.24, 2.45) is 0 Å². The predicted octanol–water partition coefficient (Wildman–Crippen LogP) is 2.05. The van der Waals surface area contributed by atoms with Crippen LogP contribution in [0.5, 0.6) is 0 Å². The number of nitrogens with two attached hydrogens (primary N) is 1. The molecule has 0 aromatic carbocycles. The number of halogens is 1. The molecule has 0 aliphatic rings. The lowest BCUT2D eigenvalue weighted by Gasteiger charge is -1.94. The number of anilines is 1. The van der Waals surface area contributed by atoms with Gasteiger partial charge in [0.15, 0.2) is 11.0 Å². The van der Waals surface area contributed by atoms with Gasteiger partial charge in [0, 0.05) is 0 Å². The van der Waals surface area contributed by atoms with E-state index in [9.17, 15) is 0 Å². The minimum atomic E-state index is 0.273. The first-order chi connectivity index (χ1) is 5.20. The van der Waals surface area contributed by atoms with Crippen LogP contribution in [0.25, 0.3) is 0 Å². The normalized spacial score (nSPS) is 8.36. The molecule has 0 saturated carbocycles. The zero-order valence-corrected chi connectivity index (χ0v) is 7.68. The van der Waals surface area contributed by atoms with Gasteiger partial charge in [-0.3, -0.25) is 0 Å². The van der Waals surface area contributed by atoms with E-state index in [1.165, 1.54) is 0 Å². The first-order valence-electron chi connectivity index (χ1n) is 3.45. The van der Waals surface area contributed by atoms with Gasteiger partial charge in [0.1, 0.15) is 0 Å². The molecule has 0 fully saturated rings. The maximum absolute atomic E-state index is 5.52. The molecular formula is C7H12ClN3. The molecule has 0 aliphatic carbocycles. The van der Waals surface area contributed by atoms with Crippen molar-refractivity contribution in [2.45, 2.75) is 20.8 Å². The maximum Gasteiger partial charge on any atom is 0.171 e. The van der Waals surface area contributed by atoms with Crippen molar-refractivity contribution in [3.8, 4) is 0 Å². The molecule has 0 aliphatic heterocycles. The average molecular weight is 174 g/mol. The van der Waals surface area contributed by atoms with E-state index in [0.29, 0.717) is 0 Å². The minimum Gasteiger partial charge on any atom is -0.381 e. The van der Waals surface area contributed by atoms with Crippen LogP contribution in [0.3, 0.4) is 0 Å². The predicted molar refractivity (Wildman–Crippen MR) is 47.5 cm³/mol. The molecule has 0 spiro atoms. The van der Waals surface area contributed by atoms with Gasteiger partial charge < -0.3 is 5.73 Å². The topological polar surface area (TPSA) is 51.8 Å². The van der Waals surface area contributed by atoms with E-state index < -0.39 is 0 Å². The average Bonchev–Trinajstić information content (AvgIpc) is 2.02. The van der Waals surface area contributed by atoms with E-state index in [1.54, 1.807) is 13.1 Å². The van der Waals surface area contributed by atoms with E-state index in [1.807, 2.05) is 13.8 Å². The lowest BCUT2D eigenvalue weighted by molar-refractivity contribution is 1.13. The van der Waals surface area contributed by atoms with Gasteiger partial charge in [0.25, 0.3) is 0 Å². The molecule has 11 heavy (non-hydrogen) atoms. The second-order valence-corrected chi connectivity index (χ2v) is 2.05. The summed E-state index contributed by atoms with van der Waals surface area (Å²) in [7, 11) is 0. The number of aryl methyl sites for hydroxylation is 1. The highest BCUT2D eigenvalue weighted by Gasteiger charge is 1.95. The van der Waals surface area contributed by atoms with Crippen molar-refractivity contribution in [3.05, 3.63) is 17.0 Å². The summed E-state index contributed by atoms with van der Waals surface area (Å²) in [5.74, 6) is 0.280. The summed E-state index contributed by atoms with van der Waals surface area (Å²) in [5.41, 5.74) is 6.06. The lowest BCUT2D eigenvalue weighted by atomic mass is 10.5. The lowest BCUT2D eigenvalue weighted by Crippen LogP contribution is -1.94. The van der Waals surface area contributed by atoms with Gasteiger partial charge in [0.05, 0.1) is 11.9 Å². The zero-order valence-electron chi connectivity index (χ0n) is 6.93. The molecular weight excluding hydrogens is 162 g/mol. The van der Waals surface area contributed by atoms with E-state index >= 15 is 0 Å². The summed E-state index contributed by atoms with van der Waals surface area (Å²) in [6.07, 6.45) is 1.57. The van der Waals surface area contributed by atoms with Crippen molar-refractivity contribution in [3.63, 3.8) is 0 Å². The summed E-state index contributed by atoms with van der Waals surface area (Å²) in [6, 6.07) is 0. The summed E-state index contributed by atoms with van der Waals surface area (Å²) in [5, 5.41) is 0.273. The Labute approximate surface area is 71.6 Å². The number of aromatic nitrogens is 2. The number of hydrogen-bond donors (Lipinski definition) is 1. The number of nitrogen functional groups attached to an aromatic ring is 1. The van der Waals surface area contributed by atoms with Crippen LogP contribution in [0.2, 0.25) is 5.15 Å². The molecule has 62 valence electrons. The van der Waals surface area contributed by atoms with Gasteiger partial charge in [0.2, 0.25) is 0 Å². The molecule has 1 heterocycles. The van der Waals surface area contributed by atoms with Crippen LogP contribution in [0, 0.1) is 6.92 Å². The molecule has 0 radical (unpaired) electrons. The molecule has 1 aromatic rings. The van der Waals surface area contributed by atoms with Crippen molar-refractivity contribution in [1.82, 2.24) is 9.97 Å². The smallest absolute Gasteiger partial charge is 0.171 e. The van der Waals surface area contributed by atoms with Crippen LogP contribution >= 0.6 is 11.6 Å². The molecule has 0 atom stereocenters. The highest BCUT2D eigenvalue weighted by Crippen LogP contribution is 2.10. The molecule has 0 bridgehead atoms. The van der Waals surface area contributed by atoms with Crippen molar-refractivity contribution in [1.29, 1.82) is 0 Å². The molecule has 0 saturated heterocycles. The highest BCUT2D eigenvalue weighted by atomic mass is 35.5. The van der Waals surface area contributed by atoms with Crippen LogP contribution in [-0.2, 0) is 0 Å². The molecule has 2 N–H and O–H groups in total. The zero-order chi connectivity index (χ0) is 8.85. The fourth-order valence-electron chi connectivity index (χ4n) is 0.457. The Morgan fingerprint density at radius 1 is 1.45 bits per heavy atom. The third kappa shape index (κ3) is 3.18. The molecule has 1 rings (SSSR count). The number of nitrogens with zero attached hydrogens (tertiary/aromatic N) is 2. The third-order valence-corrected chi connectivity index (χ3v) is 1.15. The molecule has 1 aromatic heterocycles. The van der Waals surface area contributed by atoms with Crippen molar-refractivity contribution >= 4 is 17.4 Å². The van der Waals surface area contributed by atoms with Crippen LogP contribution < -0.4 is 5.73 Å². The van der Waals surface area contributed by atoms with E-state index in [4.69, 9.17) is 17.3 Å². The van der Waals surface area contributed by atoms with Crippen LogP contribution in [0.4, 0.5) is 5.82 Å². The highest BCUT2D eigenvalue weighted by molar-refractivity contribution is 6.31. The Balaban J connectivity index is 0.000000461. The standard InChI is InChI=1S/C5H6ClN3.C2H6/c1-3-2-8-5(7)4(6)9-3;1-2/h2H,1H3,(H2,7,8);1-2H3. The quantitative estimate of drug-likeness (QED) is 0.654. The van der Waals surface area contributed by atoms with Gasteiger partial charge in [-0.1, -0.05) is 25.4 Å². The second-order valence-electron chi connectivity index (χ2n) is 1.69. The Hall–Kier alpha value is -0.830. The first-order valence-corrected chi connectivity index (χ1v) is 3.82. The Morgan fingerprint density at radius 2 is 2.00 bits per heavy atom. The third-order valence-electron chi connectivity index (χ3n) is 0.876. The fraction of sp³-hybridized carbons (Fsp3) is 0.429. The summed E-state index contributed by atoms with van der Waals surface area (Å²) in [4.78, 5) is 7.61. The van der Waals surface area contributed by atoms with Crippen LogP contribution in [0.1, 0.15) is 19.5 Å². The minimum absolute atomic E-state index is 0.273. The molecule has 0 amide bonds. The van der Waals surface area contributed by atoms with Crippen LogP contribution in [-0.4, -0.2) is 9.97 Å². The summed E-state index contributed by atoms with van der Waals surface area (Å²) >= 11 is 5.52. The van der Waals surface area contributed by atoms with E-state index in [0.717, 1.165) is 5.69 Å². The Morgan fingerprint density at radius 3 is 2.36 bits per heavy atom. The number of hydrogen-bond acceptors (Lipinski definition) is 3. The largest absolute Gasteiger partial charge is 0.381 e. The van der Waals surface area contributed by atoms with E-state index in [-0.39, 0.29) is 11.0 Å². The summed E-state index contributed by atoms with van der Waals surface area (Å²) in [6.45, 7) is 5.80. The maximum atomic E-state index is 5.52. The van der Waals surface area contributed by atoms with Gasteiger partial charge >= 0.3 is 0 Å². The van der Waals surface area contributed by atoms with Gasteiger partial charge in [-0.25, -0.2) is 9.97 Å². The van der Waals surface area contributed by atoms with Gasteiger partial charge in [-0.15, -0.1) is 0 Å². The molecule has 0 unspecified atom stereocenters. The monoisotopic (exact) mass is 173 g/mol. The van der Waals surface area contributed by atoms with Gasteiger partial charge in [-0.2, -0.15) is 0 Å². The summed E-state index contributed by atoms with van der Waals surface area (Å²) < 4.78 is 0. The Bertz CT molecular complexity index is 225. The molecule has 3 nitrogen and oxygen atoms in total. The van der Waals surface area contributed by atoms with Crippen LogP contribution in [0.15, 0.2) is 6.20 Å². The first kappa shape index (κ1) is 10.2. The molecule has 4 heteroatoms. The van der Waals surface area contributed by atoms with Crippen molar-refractivity contribution in [2.75, 3.05) is 5.73 Å².